The molecule has 2 N–H and O–H groups in total. The normalized spacial score (nSPS) is 14.1. The number of rotatable bonds is 55. The number of esters is 1. The van der Waals surface area contributed by atoms with Crippen molar-refractivity contribution in [1.29, 1.82) is 0 Å². The summed E-state index contributed by atoms with van der Waals surface area (Å²) in [6.07, 6.45) is 66.6. The van der Waals surface area contributed by atoms with Gasteiger partial charge < -0.3 is 19.4 Å². The van der Waals surface area contributed by atoms with Crippen LogP contribution in [0, 0.1) is 0 Å². The third-order valence-electron chi connectivity index (χ3n) is 13.4. The average Bonchev–Trinajstić information content (AvgIpc) is 3.35. The van der Waals surface area contributed by atoms with Crippen molar-refractivity contribution in [1.82, 2.24) is 5.32 Å². The van der Waals surface area contributed by atoms with E-state index < -0.39 is 25.9 Å². The number of nitrogens with one attached hydrogen (secondary N) is 1. The van der Waals surface area contributed by atoms with Crippen LogP contribution >= 0.6 is 7.82 Å². The number of unbranched alkanes of at least 4 members (excludes halogenated alkanes) is 31. The molecule has 9 nitrogen and oxygen atoms in total. The van der Waals surface area contributed by atoms with Gasteiger partial charge in [-0.1, -0.05) is 242 Å². The van der Waals surface area contributed by atoms with Crippen molar-refractivity contribution >= 4 is 19.7 Å². The molecule has 0 aliphatic heterocycles. The van der Waals surface area contributed by atoms with Gasteiger partial charge in [0.1, 0.15) is 19.3 Å². The second-order valence-electron chi connectivity index (χ2n) is 21.9. The van der Waals surface area contributed by atoms with E-state index in [1.807, 2.05) is 39.4 Å². The van der Waals surface area contributed by atoms with Gasteiger partial charge in [0.05, 0.1) is 33.8 Å². The van der Waals surface area contributed by atoms with Crippen LogP contribution in [0.4, 0.5) is 0 Å². The predicted molar refractivity (Wildman–Crippen MR) is 314 cm³/mol. The summed E-state index contributed by atoms with van der Waals surface area (Å²) >= 11 is 0. The van der Waals surface area contributed by atoms with Gasteiger partial charge in [-0.05, 0) is 83.1 Å². The van der Waals surface area contributed by atoms with E-state index >= 15 is 0 Å². The third kappa shape index (κ3) is 54.3. The molecular weight excluding hydrogens is 928 g/mol. The Hall–Kier alpha value is -2.29. The number of ether oxygens (including phenoxy) is 1. The van der Waals surface area contributed by atoms with Crippen molar-refractivity contribution in [2.24, 2.45) is 0 Å². The van der Waals surface area contributed by atoms with E-state index in [9.17, 15) is 19.0 Å². The van der Waals surface area contributed by atoms with E-state index in [1.165, 1.54) is 180 Å². The molecule has 0 aliphatic rings. The van der Waals surface area contributed by atoms with Gasteiger partial charge >= 0.3 is 13.8 Å². The summed E-state index contributed by atoms with van der Waals surface area (Å²) in [5.74, 6) is -0.581. The highest BCUT2D eigenvalue weighted by molar-refractivity contribution is 7.47. The molecule has 426 valence electrons. The highest BCUT2D eigenvalue weighted by atomic mass is 31.2. The summed E-state index contributed by atoms with van der Waals surface area (Å²) in [5.41, 5.74) is 0. The van der Waals surface area contributed by atoms with Crippen molar-refractivity contribution in [3.63, 3.8) is 0 Å². The minimum absolute atomic E-state index is 0.0317. The lowest BCUT2D eigenvalue weighted by atomic mass is 10.0. The summed E-state index contributed by atoms with van der Waals surface area (Å²) in [6.45, 7) is 6.95. The van der Waals surface area contributed by atoms with E-state index in [2.05, 4.69) is 68.6 Å². The first-order valence-corrected chi connectivity index (χ1v) is 32.1. The van der Waals surface area contributed by atoms with Gasteiger partial charge in [-0.3, -0.25) is 18.6 Å². The fourth-order valence-electron chi connectivity index (χ4n) is 8.67. The number of carbonyl (C=O) groups is 2. The molecule has 0 spiro atoms. The van der Waals surface area contributed by atoms with Crippen LogP contribution in [0.1, 0.15) is 278 Å². The number of hydrogen-bond donors (Lipinski definition) is 2. The smallest absolute Gasteiger partial charge is 0.456 e. The Morgan fingerprint density at radius 2 is 0.849 bits per heavy atom. The largest absolute Gasteiger partial charge is 0.472 e. The molecule has 0 aromatic carbocycles. The number of likely N-dealkylation sites (N-methyl/N-ethyl adjacent to an activating group) is 1. The third-order valence-corrected chi connectivity index (χ3v) is 14.4. The summed E-state index contributed by atoms with van der Waals surface area (Å²) in [6, 6.07) is -0.872. The molecule has 1 amide bonds. The first-order chi connectivity index (χ1) is 35.4. The van der Waals surface area contributed by atoms with E-state index in [4.69, 9.17) is 13.8 Å². The zero-order valence-electron chi connectivity index (χ0n) is 48.6. The number of allylic oxidation sites excluding steroid dienone is 9. The number of quaternary nitrogens is 1. The van der Waals surface area contributed by atoms with E-state index in [1.54, 1.807) is 0 Å². The molecule has 3 unspecified atom stereocenters. The number of phosphoric acid groups is 1. The van der Waals surface area contributed by atoms with Crippen LogP contribution in [0.5, 0.6) is 0 Å². The molecule has 0 radical (unpaired) electrons. The maximum atomic E-state index is 13.5. The van der Waals surface area contributed by atoms with Crippen molar-refractivity contribution in [2.45, 2.75) is 290 Å². The topological polar surface area (TPSA) is 111 Å². The van der Waals surface area contributed by atoms with Crippen LogP contribution in [-0.4, -0.2) is 74.3 Å². The van der Waals surface area contributed by atoms with Crippen molar-refractivity contribution in [3.8, 4) is 0 Å². The van der Waals surface area contributed by atoms with Crippen molar-refractivity contribution < 1.29 is 37.3 Å². The van der Waals surface area contributed by atoms with E-state index in [-0.39, 0.29) is 25.5 Å². The van der Waals surface area contributed by atoms with Gasteiger partial charge in [0.2, 0.25) is 5.91 Å². The molecule has 0 aliphatic carbocycles. The number of phosphoric ester groups is 1. The molecule has 0 aromatic rings. The first kappa shape index (κ1) is 70.7. The van der Waals surface area contributed by atoms with Crippen LogP contribution in [0.25, 0.3) is 0 Å². The summed E-state index contributed by atoms with van der Waals surface area (Å²) in [7, 11) is 1.47. The van der Waals surface area contributed by atoms with Gasteiger partial charge in [0, 0.05) is 12.8 Å². The number of carbonyl (C=O) groups excluding carboxylic acids is 2. The number of nitrogens with zero attached hydrogens (tertiary/aromatic N) is 1. The second kappa shape index (κ2) is 53.1. The molecule has 3 atom stereocenters. The molecule has 0 rings (SSSR count). The Bertz CT molecular complexity index is 1440. The Labute approximate surface area is 451 Å². The minimum Gasteiger partial charge on any atom is -0.456 e. The summed E-state index contributed by atoms with van der Waals surface area (Å²) in [4.78, 5) is 37.6. The maximum absolute atomic E-state index is 13.5. The van der Waals surface area contributed by atoms with Gasteiger partial charge in [0.15, 0.2) is 0 Å². The van der Waals surface area contributed by atoms with Crippen LogP contribution in [0.3, 0.4) is 0 Å². The molecule has 0 saturated heterocycles. The van der Waals surface area contributed by atoms with Crippen LogP contribution in [0.2, 0.25) is 0 Å². The number of hydrogen-bond acceptors (Lipinski definition) is 6. The summed E-state index contributed by atoms with van der Waals surface area (Å²) < 4.78 is 30.6. The molecule has 0 bridgehead atoms. The zero-order valence-corrected chi connectivity index (χ0v) is 49.5. The van der Waals surface area contributed by atoms with E-state index in [0.29, 0.717) is 23.9 Å². The van der Waals surface area contributed by atoms with Crippen molar-refractivity contribution in [3.05, 3.63) is 60.8 Å². The fraction of sp³-hybridized carbons (Fsp3) is 0.810. The van der Waals surface area contributed by atoms with Crippen LogP contribution < -0.4 is 5.32 Å². The molecule has 0 saturated carbocycles. The minimum atomic E-state index is -4.46. The highest BCUT2D eigenvalue weighted by Crippen LogP contribution is 2.43. The molecule has 10 heteroatoms. The lowest BCUT2D eigenvalue weighted by molar-refractivity contribution is -0.870. The molecular formula is C63H118N2O7P+. The quantitative estimate of drug-likeness (QED) is 0.0205. The molecule has 0 heterocycles. The van der Waals surface area contributed by atoms with Crippen molar-refractivity contribution in [2.75, 3.05) is 40.9 Å². The monoisotopic (exact) mass is 1050 g/mol. The van der Waals surface area contributed by atoms with Crippen LogP contribution in [0.15, 0.2) is 60.8 Å². The number of amides is 1. The highest BCUT2D eigenvalue weighted by Gasteiger charge is 2.30. The van der Waals surface area contributed by atoms with Gasteiger partial charge in [-0.2, -0.15) is 0 Å². The van der Waals surface area contributed by atoms with Gasteiger partial charge in [-0.15, -0.1) is 0 Å². The Morgan fingerprint density at radius 3 is 1.29 bits per heavy atom. The second-order valence-corrected chi connectivity index (χ2v) is 23.3. The van der Waals surface area contributed by atoms with E-state index in [0.717, 1.165) is 57.8 Å². The molecule has 73 heavy (non-hydrogen) atoms. The predicted octanol–water partition coefficient (Wildman–Crippen LogP) is 18.7. The first-order valence-electron chi connectivity index (χ1n) is 30.6. The Kier molecular flexibility index (Phi) is 51.5. The fourth-order valence-corrected chi connectivity index (χ4v) is 9.41. The standard InChI is InChI=1S/C63H117N2O7P/c1-7-10-13-16-19-22-25-28-29-30-31-32-33-34-35-38-40-43-46-49-52-55-62(66)64-60(59-71-73(68,69)70-58-57-65(4,5)6)61(54-51-48-45-42-39-36-26-23-20-17-14-11-8-2)72-63(67)56-53-50-47-44-41-37-27-24-21-18-15-12-9-3/h19,22,28-29,37,41,47,50-51,54,60-61H,7-18,20-21,23-27,30-36,38-40,42-46,48-49,52-53,55-59H2,1-6H3,(H-,64,66,68,69)/p+1/b22-19-,29-28-,41-37-,50-47+,54-51-. The SMILES string of the molecule is CCCCC/C=C\C/C=C\CCCCCCCCCCCCCC(=O)NC(COP(=O)(O)OCC[N+](C)(C)C)C(/C=C\CCCCCCCCCCCCC)OC(=O)CC/C=C/C/C=C\CCCCCCCC. The lowest BCUT2D eigenvalue weighted by Gasteiger charge is -2.27. The average molecular weight is 1050 g/mol. The maximum Gasteiger partial charge on any atom is 0.472 e. The lowest BCUT2D eigenvalue weighted by Crippen LogP contribution is -2.47. The Morgan fingerprint density at radius 1 is 0.479 bits per heavy atom. The molecule has 0 aromatic heterocycles. The Balaban J connectivity index is 5.29. The van der Waals surface area contributed by atoms with Gasteiger partial charge in [0.25, 0.3) is 0 Å². The summed E-state index contributed by atoms with van der Waals surface area (Å²) in [5, 5.41) is 3.04. The van der Waals surface area contributed by atoms with Gasteiger partial charge in [-0.25, -0.2) is 4.57 Å². The van der Waals surface area contributed by atoms with Crippen LogP contribution in [-0.2, 0) is 27.9 Å². The zero-order chi connectivity index (χ0) is 53.6. The molecule has 0 fully saturated rings.